The van der Waals surface area contributed by atoms with Gasteiger partial charge in [0, 0.05) is 19.3 Å². The first kappa shape index (κ1) is 11.7. The zero-order chi connectivity index (χ0) is 12.4. The quantitative estimate of drug-likeness (QED) is 0.886. The molecular weight excluding hydrogens is 224 g/mol. The molecule has 0 aliphatic heterocycles. The number of benzene rings is 1. The van der Waals surface area contributed by atoms with Gasteiger partial charge in [-0.25, -0.2) is 8.78 Å². The number of aromatic nitrogens is 2. The lowest BCUT2D eigenvalue weighted by atomic mass is 10.0. The fraction of sp³-hybridized carbons (Fsp3) is 0.250. The van der Waals surface area contributed by atoms with Crippen molar-refractivity contribution in [1.82, 2.24) is 9.78 Å². The van der Waals surface area contributed by atoms with Crippen LogP contribution >= 0.6 is 0 Å². The first-order valence-corrected chi connectivity index (χ1v) is 5.24. The molecule has 0 fully saturated rings. The van der Waals surface area contributed by atoms with Crippen molar-refractivity contribution in [1.29, 1.82) is 0 Å². The molecule has 1 atom stereocenters. The average Bonchev–Trinajstić information content (AvgIpc) is 2.63. The predicted octanol–water partition coefficient (Wildman–Crippen LogP) is 1.94. The van der Waals surface area contributed by atoms with E-state index in [2.05, 4.69) is 5.10 Å². The highest BCUT2D eigenvalue weighted by Gasteiger charge is 2.11. The molecular formula is C12H13F2N3. The van der Waals surface area contributed by atoms with Crippen LogP contribution in [0.5, 0.6) is 0 Å². The Morgan fingerprint density at radius 2 is 1.94 bits per heavy atom. The first-order valence-electron chi connectivity index (χ1n) is 5.24. The predicted molar refractivity (Wildman–Crippen MR) is 60.2 cm³/mol. The highest BCUT2D eigenvalue weighted by atomic mass is 19.1. The van der Waals surface area contributed by atoms with Gasteiger partial charge in [-0.3, -0.25) is 4.68 Å². The van der Waals surface area contributed by atoms with Gasteiger partial charge in [-0.15, -0.1) is 0 Å². The van der Waals surface area contributed by atoms with Gasteiger partial charge in [0.15, 0.2) is 0 Å². The maximum Gasteiger partial charge on any atom is 0.126 e. The molecule has 3 nitrogen and oxygen atoms in total. The first-order chi connectivity index (χ1) is 8.04. The van der Waals surface area contributed by atoms with E-state index in [9.17, 15) is 8.78 Å². The van der Waals surface area contributed by atoms with Crippen LogP contribution in [0, 0.1) is 11.6 Å². The van der Waals surface area contributed by atoms with Crippen molar-refractivity contribution in [3.8, 4) is 0 Å². The molecule has 0 amide bonds. The van der Waals surface area contributed by atoms with Crippen LogP contribution in [0.15, 0.2) is 30.5 Å². The van der Waals surface area contributed by atoms with Crippen LogP contribution in [0.2, 0.25) is 0 Å². The minimum Gasteiger partial charge on any atom is -0.322 e. The monoisotopic (exact) mass is 237 g/mol. The fourth-order valence-corrected chi connectivity index (χ4v) is 1.72. The van der Waals surface area contributed by atoms with Crippen LogP contribution in [-0.4, -0.2) is 9.78 Å². The van der Waals surface area contributed by atoms with Gasteiger partial charge in [0.25, 0.3) is 0 Å². The van der Waals surface area contributed by atoms with Gasteiger partial charge in [0.1, 0.15) is 11.6 Å². The molecule has 0 saturated carbocycles. The zero-order valence-electron chi connectivity index (χ0n) is 9.40. The molecule has 2 N–H and O–H groups in total. The molecule has 2 aromatic rings. The lowest BCUT2D eigenvalue weighted by molar-refractivity contribution is 0.575. The van der Waals surface area contributed by atoms with E-state index in [1.165, 1.54) is 12.1 Å². The van der Waals surface area contributed by atoms with Gasteiger partial charge in [-0.2, -0.15) is 5.10 Å². The van der Waals surface area contributed by atoms with Crippen molar-refractivity contribution in [2.24, 2.45) is 12.8 Å². The zero-order valence-corrected chi connectivity index (χ0v) is 9.40. The molecule has 1 aromatic heterocycles. The molecule has 1 heterocycles. The molecule has 90 valence electrons. The molecule has 5 heteroatoms. The largest absolute Gasteiger partial charge is 0.322 e. The van der Waals surface area contributed by atoms with Crippen molar-refractivity contribution in [2.75, 3.05) is 0 Å². The van der Waals surface area contributed by atoms with Crippen LogP contribution < -0.4 is 5.73 Å². The third kappa shape index (κ3) is 2.88. The molecule has 1 unspecified atom stereocenters. The summed E-state index contributed by atoms with van der Waals surface area (Å²) in [5.41, 5.74) is 7.15. The normalized spacial score (nSPS) is 12.7. The van der Waals surface area contributed by atoms with Gasteiger partial charge in [-0.1, -0.05) is 0 Å². The molecule has 17 heavy (non-hydrogen) atoms. The second-order valence-electron chi connectivity index (χ2n) is 4.00. The number of nitrogens with two attached hydrogens (primary N) is 1. The van der Waals surface area contributed by atoms with Gasteiger partial charge in [0.2, 0.25) is 0 Å². The number of rotatable bonds is 3. The SMILES string of the molecule is Cn1ccc(C(N)Cc2cc(F)cc(F)c2)n1. The highest BCUT2D eigenvalue weighted by Crippen LogP contribution is 2.16. The Morgan fingerprint density at radius 3 is 2.47 bits per heavy atom. The van der Waals surface area contributed by atoms with E-state index in [4.69, 9.17) is 5.73 Å². The van der Waals surface area contributed by atoms with Gasteiger partial charge < -0.3 is 5.73 Å². The summed E-state index contributed by atoms with van der Waals surface area (Å²) < 4.78 is 27.6. The van der Waals surface area contributed by atoms with Crippen molar-refractivity contribution in [3.63, 3.8) is 0 Å². The summed E-state index contributed by atoms with van der Waals surface area (Å²) in [5, 5.41) is 4.16. The van der Waals surface area contributed by atoms with Crippen LogP contribution in [0.4, 0.5) is 8.78 Å². The number of aryl methyl sites for hydroxylation is 1. The topological polar surface area (TPSA) is 43.8 Å². The van der Waals surface area contributed by atoms with Crippen LogP contribution in [0.25, 0.3) is 0 Å². The molecule has 1 aromatic carbocycles. The summed E-state index contributed by atoms with van der Waals surface area (Å²) >= 11 is 0. The summed E-state index contributed by atoms with van der Waals surface area (Å²) in [6.07, 6.45) is 2.13. The Bertz CT molecular complexity index is 502. The van der Waals surface area contributed by atoms with Crippen molar-refractivity contribution >= 4 is 0 Å². The summed E-state index contributed by atoms with van der Waals surface area (Å²) in [7, 11) is 1.79. The lowest BCUT2D eigenvalue weighted by Crippen LogP contribution is -2.14. The van der Waals surface area contributed by atoms with Crippen molar-refractivity contribution in [2.45, 2.75) is 12.5 Å². The number of halogens is 2. The second kappa shape index (κ2) is 4.63. The Labute approximate surface area is 97.9 Å². The second-order valence-corrected chi connectivity index (χ2v) is 4.00. The Kier molecular flexibility index (Phi) is 3.19. The van der Waals surface area contributed by atoms with Crippen LogP contribution in [0.3, 0.4) is 0 Å². The van der Waals surface area contributed by atoms with E-state index in [0.29, 0.717) is 17.7 Å². The van der Waals surface area contributed by atoms with Gasteiger partial charge >= 0.3 is 0 Å². The van der Waals surface area contributed by atoms with E-state index < -0.39 is 11.6 Å². The number of hydrogen-bond acceptors (Lipinski definition) is 2. The van der Waals surface area contributed by atoms with Crippen molar-refractivity contribution in [3.05, 3.63) is 53.4 Å². The third-order valence-electron chi connectivity index (χ3n) is 2.49. The molecule has 0 spiro atoms. The molecule has 0 saturated heterocycles. The maximum absolute atomic E-state index is 13.0. The van der Waals surface area contributed by atoms with E-state index in [1.807, 2.05) is 0 Å². The lowest BCUT2D eigenvalue weighted by Gasteiger charge is -2.09. The molecule has 2 rings (SSSR count). The van der Waals surface area contributed by atoms with Crippen molar-refractivity contribution < 1.29 is 8.78 Å². The average molecular weight is 237 g/mol. The van der Waals surface area contributed by atoms with E-state index in [1.54, 1.807) is 24.0 Å². The number of nitrogens with zero attached hydrogens (tertiary/aromatic N) is 2. The van der Waals surface area contributed by atoms with Crippen LogP contribution in [0.1, 0.15) is 17.3 Å². The Morgan fingerprint density at radius 1 is 1.29 bits per heavy atom. The Balaban J connectivity index is 2.15. The minimum absolute atomic E-state index is 0.353. The summed E-state index contributed by atoms with van der Waals surface area (Å²) in [6, 6.07) is 4.84. The number of hydrogen-bond donors (Lipinski definition) is 1. The highest BCUT2D eigenvalue weighted by molar-refractivity contribution is 5.20. The standard InChI is InChI=1S/C12H13F2N3/c1-17-3-2-12(16-17)11(15)6-8-4-9(13)7-10(14)5-8/h2-5,7,11H,6,15H2,1H3. The minimum atomic E-state index is -0.590. The molecule has 0 bridgehead atoms. The summed E-state index contributed by atoms with van der Waals surface area (Å²) in [6.45, 7) is 0. The summed E-state index contributed by atoms with van der Waals surface area (Å²) in [5.74, 6) is -1.18. The molecule has 0 aliphatic carbocycles. The van der Waals surface area contributed by atoms with E-state index in [-0.39, 0.29) is 6.04 Å². The van der Waals surface area contributed by atoms with E-state index >= 15 is 0 Å². The Hall–Kier alpha value is -1.75. The maximum atomic E-state index is 13.0. The fourth-order valence-electron chi connectivity index (χ4n) is 1.72. The van der Waals surface area contributed by atoms with Gasteiger partial charge in [0.05, 0.1) is 11.7 Å². The van der Waals surface area contributed by atoms with Gasteiger partial charge in [-0.05, 0) is 30.2 Å². The smallest absolute Gasteiger partial charge is 0.126 e. The third-order valence-corrected chi connectivity index (χ3v) is 2.49. The molecule has 0 radical (unpaired) electrons. The van der Waals surface area contributed by atoms with E-state index in [0.717, 1.165) is 6.07 Å². The molecule has 0 aliphatic rings. The van der Waals surface area contributed by atoms with Crippen LogP contribution in [-0.2, 0) is 13.5 Å². The summed E-state index contributed by atoms with van der Waals surface area (Å²) in [4.78, 5) is 0.